The summed E-state index contributed by atoms with van der Waals surface area (Å²) >= 11 is 0. The molecule has 1 aromatic rings. The molecule has 0 unspecified atom stereocenters. The van der Waals surface area contributed by atoms with E-state index in [0.717, 1.165) is 18.4 Å². The Labute approximate surface area is 106 Å². The summed E-state index contributed by atoms with van der Waals surface area (Å²) in [6, 6.07) is 8.89. The smallest absolute Gasteiger partial charge is 0.00857 e. The number of benzene rings is 1. The van der Waals surface area contributed by atoms with Crippen LogP contribution in [0.2, 0.25) is 0 Å². The highest BCUT2D eigenvalue weighted by atomic mass is 14.8. The Balaban J connectivity index is 2.23. The van der Waals surface area contributed by atoms with Gasteiger partial charge in [-0.05, 0) is 49.8 Å². The predicted molar refractivity (Wildman–Crippen MR) is 74.3 cm³/mol. The second kappa shape index (κ2) is 4.81. The van der Waals surface area contributed by atoms with Gasteiger partial charge in [0.1, 0.15) is 0 Å². The summed E-state index contributed by atoms with van der Waals surface area (Å²) in [4.78, 5) is 0. The van der Waals surface area contributed by atoms with Crippen LogP contribution >= 0.6 is 0 Å². The van der Waals surface area contributed by atoms with E-state index < -0.39 is 0 Å². The average molecular weight is 231 g/mol. The zero-order valence-electron chi connectivity index (χ0n) is 11.6. The highest BCUT2D eigenvalue weighted by molar-refractivity contribution is 5.36. The second-order valence-corrected chi connectivity index (χ2v) is 6.04. The topological polar surface area (TPSA) is 12.0 Å². The fourth-order valence-corrected chi connectivity index (χ4v) is 3.38. The van der Waals surface area contributed by atoms with Gasteiger partial charge in [0.05, 0.1) is 0 Å². The molecule has 1 aromatic carbocycles. The number of hydrogen-bond acceptors (Lipinski definition) is 1. The van der Waals surface area contributed by atoms with Crippen LogP contribution in [-0.2, 0) is 5.41 Å². The number of aryl methyl sites for hydroxylation is 1. The molecule has 0 amide bonds. The third-order valence-corrected chi connectivity index (χ3v) is 4.48. The molecule has 1 aliphatic carbocycles. The molecule has 0 aliphatic heterocycles. The van der Waals surface area contributed by atoms with Gasteiger partial charge in [-0.1, -0.05) is 38.1 Å². The molecule has 0 radical (unpaired) electrons. The van der Waals surface area contributed by atoms with Gasteiger partial charge in [0.15, 0.2) is 0 Å². The maximum absolute atomic E-state index is 3.40. The summed E-state index contributed by atoms with van der Waals surface area (Å²) in [7, 11) is 2.07. The Bertz CT molecular complexity index is 375. The van der Waals surface area contributed by atoms with Crippen molar-refractivity contribution in [3.8, 4) is 0 Å². The van der Waals surface area contributed by atoms with E-state index in [4.69, 9.17) is 0 Å². The van der Waals surface area contributed by atoms with Crippen molar-refractivity contribution < 1.29 is 0 Å². The minimum Gasteiger partial charge on any atom is -0.319 e. The van der Waals surface area contributed by atoms with E-state index >= 15 is 0 Å². The zero-order chi connectivity index (χ0) is 12.5. The molecule has 0 spiro atoms. The van der Waals surface area contributed by atoms with Gasteiger partial charge in [-0.2, -0.15) is 0 Å². The van der Waals surface area contributed by atoms with E-state index in [1.165, 1.54) is 18.4 Å². The first-order valence-electron chi connectivity index (χ1n) is 6.80. The molecule has 0 atom stereocenters. The quantitative estimate of drug-likeness (QED) is 0.836. The van der Waals surface area contributed by atoms with Crippen molar-refractivity contribution >= 4 is 0 Å². The Morgan fingerprint density at radius 1 is 1.29 bits per heavy atom. The van der Waals surface area contributed by atoms with E-state index in [-0.39, 0.29) is 0 Å². The molecule has 2 rings (SSSR count). The molecule has 0 bridgehead atoms. The third kappa shape index (κ3) is 2.26. The minimum absolute atomic E-state index is 0.398. The van der Waals surface area contributed by atoms with Gasteiger partial charge in [-0.3, -0.25) is 0 Å². The summed E-state index contributed by atoms with van der Waals surface area (Å²) in [5.41, 5.74) is 3.41. The molecule has 0 saturated heterocycles. The molecule has 17 heavy (non-hydrogen) atoms. The van der Waals surface area contributed by atoms with Crippen LogP contribution < -0.4 is 5.32 Å². The molecule has 1 saturated carbocycles. The Morgan fingerprint density at radius 3 is 2.47 bits per heavy atom. The summed E-state index contributed by atoms with van der Waals surface area (Å²) in [6.45, 7) is 8.06. The molecule has 0 heterocycles. The molecular formula is C16H25N. The maximum Gasteiger partial charge on any atom is 0.00857 e. The third-order valence-electron chi connectivity index (χ3n) is 4.48. The fourth-order valence-electron chi connectivity index (χ4n) is 3.38. The first-order valence-corrected chi connectivity index (χ1v) is 6.80. The van der Waals surface area contributed by atoms with Crippen molar-refractivity contribution in [1.82, 2.24) is 5.32 Å². The van der Waals surface area contributed by atoms with Gasteiger partial charge in [0.25, 0.3) is 0 Å². The highest BCUT2D eigenvalue weighted by Gasteiger charge is 2.46. The lowest BCUT2D eigenvalue weighted by molar-refractivity contribution is 0.0991. The first-order chi connectivity index (χ1) is 8.09. The van der Waals surface area contributed by atoms with Gasteiger partial charge < -0.3 is 5.32 Å². The van der Waals surface area contributed by atoms with Crippen LogP contribution in [-0.4, -0.2) is 13.6 Å². The van der Waals surface area contributed by atoms with Crippen LogP contribution in [0.25, 0.3) is 0 Å². The van der Waals surface area contributed by atoms with Crippen LogP contribution in [0.1, 0.15) is 37.8 Å². The summed E-state index contributed by atoms with van der Waals surface area (Å²) < 4.78 is 0. The second-order valence-electron chi connectivity index (χ2n) is 6.04. The van der Waals surface area contributed by atoms with Gasteiger partial charge >= 0.3 is 0 Å². The lowest BCUT2D eigenvalue weighted by Gasteiger charge is -2.51. The molecule has 94 valence electrons. The predicted octanol–water partition coefficient (Wildman–Crippen LogP) is 3.52. The minimum atomic E-state index is 0.398. The number of nitrogens with one attached hydrogen (secondary N) is 1. The van der Waals surface area contributed by atoms with Crippen molar-refractivity contribution in [1.29, 1.82) is 0 Å². The SMILES string of the molecule is CNCC1(c2ccccc2C)CC(C(C)C)C1. The Kier molecular flexibility index (Phi) is 3.58. The molecular weight excluding hydrogens is 206 g/mol. The summed E-state index contributed by atoms with van der Waals surface area (Å²) in [5, 5.41) is 3.40. The first kappa shape index (κ1) is 12.6. The number of likely N-dealkylation sites (N-methyl/N-ethyl adjacent to an activating group) is 1. The monoisotopic (exact) mass is 231 g/mol. The largest absolute Gasteiger partial charge is 0.319 e. The summed E-state index contributed by atoms with van der Waals surface area (Å²) in [5.74, 6) is 1.73. The lowest BCUT2D eigenvalue weighted by atomic mass is 9.55. The molecule has 0 aromatic heterocycles. The van der Waals surface area contributed by atoms with E-state index in [1.807, 2.05) is 0 Å². The number of rotatable bonds is 4. The van der Waals surface area contributed by atoms with Crippen LogP contribution in [0.4, 0.5) is 0 Å². The van der Waals surface area contributed by atoms with Crippen LogP contribution in [0.3, 0.4) is 0 Å². The van der Waals surface area contributed by atoms with Crippen molar-refractivity contribution in [3.63, 3.8) is 0 Å². The summed E-state index contributed by atoms with van der Waals surface area (Å²) in [6.07, 6.45) is 2.69. The maximum atomic E-state index is 3.40. The van der Waals surface area contributed by atoms with Crippen LogP contribution in [0, 0.1) is 18.8 Å². The van der Waals surface area contributed by atoms with E-state index in [9.17, 15) is 0 Å². The van der Waals surface area contributed by atoms with Gasteiger partial charge in [0, 0.05) is 12.0 Å². The molecule has 1 aliphatic rings. The van der Waals surface area contributed by atoms with E-state index in [0.29, 0.717) is 5.41 Å². The zero-order valence-corrected chi connectivity index (χ0v) is 11.6. The van der Waals surface area contributed by atoms with Crippen molar-refractivity contribution in [2.24, 2.45) is 11.8 Å². The average Bonchev–Trinajstić information content (AvgIpc) is 2.23. The highest BCUT2D eigenvalue weighted by Crippen LogP contribution is 2.51. The van der Waals surface area contributed by atoms with Gasteiger partial charge in [0.2, 0.25) is 0 Å². The van der Waals surface area contributed by atoms with E-state index in [2.05, 4.69) is 57.4 Å². The Hall–Kier alpha value is -0.820. The fraction of sp³-hybridized carbons (Fsp3) is 0.625. The van der Waals surface area contributed by atoms with Crippen molar-refractivity contribution in [2.75, 3.05) is 13.6 Å². The van der Waals surface area contributed by atoms with Gasteiger partial charge in [-0.15, -0.1) is 0 Å². The van der Waals surface area contributed by atoms with Crippen molar-refractivity contribution in [3.05, 3.63) is 35.4 Å². The Morgan fingerprint density at radius 2 is 1.94 bits per heavy atom. The van der Waals surface area contributed by atoms with Gasteiger partial charge in [-0.25, -0.2) is 0 Å². The van der Waals surface area contributed by atoms with Crippen LogP contribution in [0.15, 0.2) is 24.3 Å². The molecule has 1 nitrogen and oxygen atoms in total. The molecule has 1 N–H and O–H groups in total. The van der Waals surface area contributed by atoms with E-state index in [1.54, 1.807) is 5.56 Å². The van der Waals surface area contributed by atoms with Crippen molar-refractivity contribution in [2.45, 2.75) is 39.0 Å². The number of hydrogen-bond donors (Lipinski definition) is 1. The normalized spacial score (nSPS) is 28.2. The lowest BCUT2D eigenvalue weighted by Crippen LogP contribution is -2.49. The van der Waals surface area contributed by atoms with Crippen LogP contribution in [0.5, 0.6) is 0 Å². The standard InChI is InChI=1S/C16H25N/c1-12(2)14-9-16(10-14,11-17-4)15-8-6-5-7-13(15)3/h5-8,12,14,17H,9-11H2,1-4H3. The molecule has 1 heteroatoms. The molecule has 1 fully saturated rings.